The molecule has 0 aromatic carbocycles. The molecule has 0 aromatic heterocycles. The fourth-order valence-electron chi connectivity index (χ4n) is 1.39. The quantitative estimate of drug-likeness (QED) is 0.421. The highest BCUT2D eigenvalue weighted by atomic mass is 35.5. The number of hydrogen-bond donors (Lipinski definition) is 0. The van der Waals surface area contributed by atoms with Gasteiger partial charge in [-0.2, -0.15) is 0 Å². The summed E-state index contributed by atoms with van der Waals surface area (Å²) in [5, 5.41) is 0. The Labute approximate surface area is 94.1 Å². The van der Waals surface area contributed by atoms with Crippen LogP contribution >= 0.6 is 11.6 Å². The van der Waals surface area contributed by atoms with E-state index in [0.717, 1.165) is 12.1 Å². The Morgan fingerprint density at radius 1 is 1.14 bits per heavy atom. The van der Waals surface area contributed by atoms with Crippen LogP contribution in [-0.2, 0) is 0 Å². The maximum absolute atomic E-state index is 5.74. The fourth-order valence-corrected chi connectivity index (χ4v) is 1.48. The summed E-state index contributed by atoms with van der Waals surface area (Å²) in [4.78, 5) is 2.47. The molecule has 84 valence electrons. The average Bonchev–Trinajstić information content (AvgIpc) is 2.21. The molecule has 0 heterocycles. The summed E-state index contributed by atoms with van der Waals surface area (Å²) in [7, 11) is 0. The van der Waals surface area contributed by atoms with Crippen molar-refractivity contribution < 1.29 is 0 Å². The molecule has 0 aliphatic heterocycles. The van der Waals surface area contributed by atoms with Crippen LogP contribution in [0.15, 0.2) is 12.2 Å². The van der Waals surface area contributed by atoms with Crippen molar-refractivity contribution in [1.82, 2.24) is 4.90 Å². The lowest BCUT2D eigenvalue weighted by Crippen LogP contribution is -2.28. The van der Waals surface area contributed by atoms with Crippen LogP contribution in [0, 0.1) is 0 Å². The molecule has 2 heteroatoms. The molecule has 1 nitrogen and oxygen atoms in total. The van der Waals surface area contributed by atoms with Crippen LogP contribution in [0.25, 0.3) is 0 Å². The number of unbranched alkanes of at least 4 members (excludes halogenated alkanes) is 2. The van der Waals surface area contributed by atoms with Gasteiger partial charge >= 0.3 is 0 Å². The largest absolute Gasteiger partial charge is 0.299 e. The minimum atomic E-state index is 0.592. The maximum atomic E-state index is 5.74. The molecule has 0 saturated carbocycles. The highest BCUT2D eigenvalue weighted by Gasteiger charge is 2.04. The number of rotatable bonds is 9. The summed E-state index contributed by atoms with van der Waals surface area (Å²) >= 11 is 5.74. The lowest BCUT2D eigenvalue weighted by molar-refractivity contribution is 0.287. The van der Waals surface area contributed by atoms with Crippen molar-refractivity contribution in [3.05, 3.63) is 12.2 Å². The third kappa shape index (κ3) is 7.40. The summed E-state index contributed by atoms with van der Waals surface area (Å²) in [6.07, 6.45) is 5.07. The Hall–Kier alpha value is -0.0100. The lowest BCUT2D eigenvalue weighted by atomic mass is 10.2. The third-order valence-corrected chi connectivity index (χ3v) is 2.67. The van der Waals surface area contributed by atoms with E-state index < -0.39 is 0 Å². The van der Waals surface area contributed by atoms with Crippen LogP contribution in [0.5, 0.6) is 0 Å². The number of alkyl halides is 1. The van der Waals surface area contributed by atoms with Gasteiger partial charge in [0, 0.05) is 12.4 Å². The molecule has 0 spiro atoms. The van der Waals surface area contributed by atoms with Gasteiger partial charge in [0.2, 0.25) is 0 Å². The van der Waals surface area contributed by atoms with Gasteiger partial charge in [0.05, 0.1) is 0 Å². The first-order valence-electron chi connectivity index (χ1n) is 5.69. The fraction of sp³-hybridized carbons (Fsp3) is 0.833. The minimum Gasteiger partial charge on any atom is -0.299 e. The second kappa shape index (κ2) is 9.54. The van der Waals surface area contributed by atoms with Crippen molar-refractivity contribution in [1.29, 1.82) is 0 Å². The van der Waals surface area contributed by atoms with Gasteiger partial charge in [-0.1, -0.05) is 33.3 Å². The van der Waals surface area contributed by atoms with Crippen LogP contribution in [0.3, 0.4) is 0 Å². The molecule has 0 bridgehead atoms. The Kier molecular flexibility index (Phi) is 9.53. The second-order valence-corrected chi connectivity index (χ2v) is 4.13. The Morgan fingerprint density at radius 3 is 2.00 bits per heavy atom. The van der Waals surface area contributed by atoms with Gasteiger partial charge in [-0.05, 0) is 31.5 Å². The molecule has 0 unspecified atom stereocenters. The Balaban J connectivity index is 3.77. The van der Waals surface area contributed by atoms with Gasteiger partial charge in [0.1, 0.15) is 0 Å². The van der Waals surface area contributed by atoms with E-state index in [1.165, 1.54) is 38.8 Å². The molecule has 0 fully saturated rings. The zero-order valence-corrected chi connectivity index (χ0v) is 10.4. The van der Waals surface area contributed by atoms with E-state index >= 15 is 0 Å². The molecule has 0 aliphatic carbocycles. The molecule has 0 aliphatic rings. The third-order valence-electron chi connectivity index (χ3n) is 2.29. The van der Waals surface area contributed by atoms with Crippen molar-refractivity contribution in [3.63, 3.8) is 0 Å². The molecule has 0 amide bonds. The van der Waals surface area contributed by atoms with Crippen LogP contribution in [0.4, 0.5) is 0 Å². The van der Waals surface area contributed by atoms with Crippen molar-refractivity contribution in [2.45, 2.75) is 39.5 Å². The SMILES string of the molecule is C=C(CCl)CN(CCCC)CCCC. The van der Waals surface area contributed by atoms with Crippen LogP contribution < -0.4 is 0 Å². The second-order valence-electron chi connectivity index (χ2n) is 3.87. The maximum Gasteiger partial charge on any atom is 0.0443 e. The van der Waals surface area contributed by atoms with Gasteiger partial charge in [0.15, 0.2) is 0 Å². The summed E-state index contributed by atoms with van der Waals surface area (Å²) in [6, 6.07) is 0. The van der Waals surface area contributed by atoms with Crippen LogP contribution in [-0.4, -0.2) is 30.4 Å². The molecular formula is C12H24ClN. The highest BCUT2D eigenvalue weighted by Crippen LogP contribution is 2.04. The first-order chi connectivity index (χ1) is 6.74. The highest BCUT2D eigenvalue weighted by molar-refractivity contribution is 6.19. The predicted octanol–water partition coefficient (Wildman–Crippen LogP) is 3.68. The van der Waals surface area contributed by atoms with E-state index in [9.17, 15) is 0 Å². The van der Waals surface area contributed by atoms with Crippen molar-refractivity contribution in [2.75, 3.05) is 25.5 Å². The molecule has 0 N–H and O–H groups in total. The molecule has 0 rings (SSSR count). The van der Waals surface area contributed by atoms with Crippen LogP contribution in [0.1, 0.15) is 39.5 Å². The monoisotopic (exact) mass is 217 g/mol. The van der Waals surface area contributed by atoms with E-state index in [-0.39, 0.29) is 0 Å². The zero-order valence-electron chi connectivity index (χ0n) is 9.69. The normalized spacial score (nSPS) is 10.9. The molecule has 0 saturated heterocycles. The smallest absolute Gasteiger partial charge is 0.0443 e. The average molecular weight is 218 g/mol. The number of halogens is 1. The summed E-state index contributed by atoms with van der Waals surface area (Å²) < 4.78 is 0. The van der Waals surface area contributed by atoms with E-state index in [1.807, 2.05) is 0 Å². The number of nitrogens with zero attached hydrogens (tertiary/aromatic N) is 1. The number of hydrogen-bond acceptors (Lipinski definition) is 1. The van der Waals surface area contributed by atoms with Gasteiger partial charge < -0.3 is 0 Å². The Bertz CT molecular complexity index is 137. The summed E-state index contributed by atoms with van der Waals surface area (Å²) in [5.41, 5.74) is 1.14. The van der Waals surface area contributed by atoms with Crippen LogP contribution in [0.2, 0.25) is 0 Å². The molecule has 0 aromatic rings. The first kappa shape index (κ1) is 14.0. The van der Waals surface area contributed by atoms with Gasteiger partial charge in [-0.3, -0.25) is 4.90 Å². The van der Waals surface area contributed by atoms with E-state index in [1.54, 1.807) is 0 Å². The minimum absolute atomic E-state index is 0.592. The standard InChI is InChI=1S/C12H24ClN/c1-4-6-8-14(9-7-5-2)11-12(3)10-13/h3-11H2,1-2H3. The van der Waals surface area contributed by atoms with E-state index in [0.29, 0.717) is 5.88 Å². The van der Waals surface area contributed by atoms with Crippen molar-refractivity contribution >= 4 is 11.6 Å². The van der Waals surface area contributed by atoms with E-state index in [2.05, 4.69) is 25.3 Å². The summed E-state index contributed by atoms with van der Waals surface area (Å²) in [5.74, 6) is 0.592. The molecular weight excluding hydrogens is 194 g/mol. The van der Waals surface area contributed by atoms with Gasteiger partial charge in [-0.25, -0.2) is 0 Å². The first-order valence-corrected chi connectivity index (χ1v) is 6.23. The predicted molar refractivity (Wildman–Crippen MR) is 66.1 cm³/mol. The van der Waals surface area contributed by atoms with E-state index in [4.69, 9.17) is 11.6 Å². The topological polar surface area (TPSA) is 3.24 Å². The molecule has 14 heavy (non-hydrogen) atoms. The Morgan fingerprint density at radius 2 is 1.64 bits per heavy atom. The van der Waals surface area contributed by atoms with Crippen molar-refractivity contribution in [3.8, 4) is 0 Å². The molecule has 0 atom stereocenters. The zero-order chi connectivity index (χ0) is 10.8. The molecule has 0 radical (unpaired) electrons. The summed E-state index contributed by atoms with van der Waals surface area (Å²) in [6.45, 7) is 11.8. The van der Waals surface area contributed by atoms with Gasteiger partial charge in [0.25, 0.3) is 0 Å². The van der Waals surface area contributed by atoms with Crippen molar-refractivity contribution in [2.24, 2.45) is 0 Å². The lowest BCUT2D eigenvalue weighted by Gasteiger charge is -2.22. The van der Waals surface area contributed by atoms with Gasteiger partial charge in [-0.15, -0.1) is 11.6 Å².